The molecule has 2 aromatic rings. The van der Waals surface area contributed by atoms with E-state index in [9.17, 15) is 0 Å². The van der Waals surface area contributed by atoms with Gasteiger partial charge in [-0.1, -0.05) is 25.5 Å². The predicted octanol–water partition coefficient (Wildman–Crippen LogP) is 2.74. The van der Waals surface area contributed by atoms with Crippen LogP contribution in [0.25, 0.3) is 5.65 Å². The number of hydrogen-bond acceptors (Lipinski definition) is 4. The second-order valence-corrected chi connectivity index (χ2v) is 4.52. The Balaban J connectivity index is 0.000000637. The molecule has 3 rings (SSSR count). The van der Waals surface area contributed by atoms with Crippen molar-refractivity contribution in [2.75, 3.05) is 7.11 Å². The maximum Gasteiger partial charge on any atom is 0.220 e. The fourth-order valence-corrected chi connectivity index (χ4v) is 2.53. The molecule has 104 valence electrons. The SMILES string of the molecule is CC.COc1nc2c(C)nnn2c2c1CCCCC2. The average molecular weight is 262 g/mol. The third-order valence-corrected chi connectivity index (χ3v) is 3.41. The Bertz CT molecular complexity index is 562. The van der Waals surface area contributed by atoms with Crippen molar-refractivity contribution < 1.29 is 4.74 Å². The van der Waals surface area contributed by atoms with Gasteiger partial charge in [0, 0.05) is 5.56 Å². The second kappa shape index (κ2) is 5.99. The van der Waals surface area contributed by atoms with Crippen molar-refractivity contribution in [3.05, 3.63) is 17.0 Å². The fraction of sp³-hybridized carbons (Fsp3) is 0.643. The summed E-state index contributed by atoms with van der Waals surface area (Å²) in [5, 5.41) is 8.30. The molecular weight excluding hydrogens is 240 g/mol. The molecule has 0 radical (unpaired) electrons. The molecule has 0 amide bonds. The first-order valence-corrected chi connectivity index (χ1v) is 7.09. The van der Waals surface area contributed by atoms with Gasteiger partial charge in [0.15, 0.2) is 5.65 Å². The largest absolute Gasteiger partial charge is 0.481 e. The first-order chi connectivity index (χ1) is 9.31. The van der Waals surface area contributed by atoms with Crippen LogP contribution in [0.15, 0.2) is 0 Å². The Kier molecular flexibility index (Phi) is 4.35. The fourth-order valence-electron chi connectivity index (χ4n) is 2.53. The molecule has 0 unspecified atom stereocenters. The third kappa shape index (κ3) is 2.41. The van der Waals surface area contributed by atoms with Crippen molar-refractivity contribution in [2.24, 2.45) is 0 Å². The summed E-state index contributed by atoms with van der Waals surface area (Å²) in [6, 6.07) is 0. The molecule has 5 heteroatoms. The van der Waals surface area contributed by atoms with Gasteiger partial charge in [0.25, 0.3) is 0 Å². The number of aromatic nitrogens is 4. The van der Waals surface area contributed by atoms with Crippen LogP contribution >= 0.6 is 0 Å². The van der Waals surface area contributed by atoms with Crippen LogP contribution in [-0.2, 0) is 12.8 Å². The van der Waals surface area contributed by atoms with Gasteiger partial charge in [-0.05, 0) is 32.6 Å². The highest BCUT2D eigenvalue weighted by atomic mass is 16.5. The molecule has 0 aliphatic heterocycles. The molecule has 0 spiro atoms. The van der Waals surface area contributed by atoms with E-state index in [0.29, 0.717) is 0 Å². The summed E-state index contributed by atoms with van der Waals surface area (Å²) in [5.41, 5.74) is 4.12. The smallest absolute Gasteiger partial charge is 0.220 e. The van der Waals surface area contributed by atoms with Crippen LogP contribution in [-0.4, -0.2) is 26.9 Å². The van der Waals surface area contributed by atoms with Crippen molar-refractivity contribution in [1.82, 2.24) is 19.8 Å². The Morgan fingerprint density at radius 1 is 1.11 bits per heavy atom. The highest BCUT2D eigenvalue weighted by Gasteiger charge is 2.20. The van der Waals surface area contributed by atoms with Gasteiger partial charge < -0.3 is 4.74 Å². The number of fused-ring (bicyclic) bond motifs is 3. The number of hydrogen-bond donors (Lipinski definition) is 0. The highest BCUT2D eigenvalue weighted by Crippen LogP contribution is 2.28. The zero-order chi connectivity index (χ0) is 13.8. The summed E-state index contributed by atoms with van der Waals surface area (Å²) < 4.78 is 7.31. The van der Waals surface area contributed by atoms with Gasteiger partial charge in [-0.25, -0.2) is 0 Å². The van der Waals surface area contributed by atoms with Gasteiger partial charge in [-0.2, -0.15) is 9.50 Å². The minimum atomic E-state index is 0.750. The van der Waals surface area contributed by atoms with Crippen LogP contribution < -0.4 is 4.74 Å². The van der Waals surface area contributed by atoms with Crippen LogP contribution in [0.5, 0.6) is 5.88 Å². The van der Waals surface area contributed by atoms with Crippen LogP contribution in [0.2, 0.25) is 0 Å². The quantitative estimate of drug-likeness (QED) is 0.741. The van der Waals surface area contributed by atoms with Crippen LogP contribution in [0.3, 0.4) is 0 Å². The lowest BCUT2D eigenvalue weighted by molar-refractivity contribution is 0.391. The van der Waals surface area contributed by atoms with E-state index in [4.69, 9.17) is 4.74 Å². The molecule has 1 aliphatic rings. The van der Waals surface area contributed by atoms with Gasteiger partial charge in [-0.3, -0.25) is 0 Å². The van der Waals surface area contributed by atoms with Crippen molar-refractivity contribution in [1.29, 1.82) is 0 Å². The number of methoxy groups -OCH3 is 1. The van der Waals surface area contributed by atoms with E-state index in [1.807, 2.05) is 25.3 Å². The Labute approximate surface area is 114 Å². The van der Waals surface area contributed by atoms with Gasteiger partial charge in [-0.15, -0.1) is 5.10 Å². The zero-order valence-corrected chi connectivity index (χ0v) is 12.2. The standard InChI is InChI=1S/C12H16N4O.C2H6/c1-8-11-13-12(17-2)9-6-4-3-5-7-10(9)16(11)15-14-8;1-2/h3-7H2,1-2H3;1-2H3. The molecular formula is C14H22N4O. The van der Waals surface area contributed by atoms with Gasteiger partial charge in [0.05, 0.1) is 12.8 Å². The third-order valence-electron chi connectivity index (χ3n) is 3.41. The Morgan fingerprint density at radius 2 is 1.84 bits per heavy atom. The zero-order valence-electron chi connectivity index (χ0n) is 12.2. The normalized spacial score (nSPS) is 14.3. The van der Waals surface area contributed by atoms with E-state index >= 15 is 0 Å². The van der Waals surface area contributed by atoms with E-state index in [1.54, 1.807) is 7.11 Å². The molecule has 0 saturated heterocycles. The predicted molar refractivity (Wildman–Crippen MR) is 74.7 cm³/mol. The monoisotopic (exact) mass is 262 g/mol. The maximum atomic E-state index is 5.42. The minimum Gasteiger partial charge on any atom is -0.481 e. The number of rotatable bonds is 1. The molecule has 0 aromatic carbocycles. The van der Waals surface area contributed by atoms with E-state index in [0.717, 1.165) is 30.1 Å². The average Bonchev–Trinajstić information content (AvgIpc) is 2.69. The van der Waals surface area contributed by atoms with Crippen LogP contribution in [0.4, 0.5) is 0 Å². The number of aryl methyl sites for hydroxylation is 2. The second-order valence-electron chi connectivity index (χ2n) is 4.52. The van der Waals surface area contributed by atoms with Crippen LogP contribution in [0, 0.1) is 6.92 Å². The van der Waals surface area contributed by atoms with Crippen molar-refractivity contribution in [3.63, 3.8) is 0 Å². The molecule has 2 aromatic heterocycles. The lowest BCUT2D eigenvalue weighted by Crippen LogP contribution is -2.07. The summed E-state index contributed by atoms with van der Waals surface area (Å²) in [5.74, 6) is 0.750. The highest BCUT2D eigenvalue weighted by molar-refractivity contribution is 5.48. The molecule has 0 bridgehead atoms. The van der Waals surface area contributed by atoms with E-state index in [1.165, 1.54) is 30.5 Å². The van der Waals surface area contributed by atoms with Crippen molar-refractivity contribution >= 4 is 5.65 Å². The molecule has 0 fully saturated rings. The van der Waals surface area contributed by atoms with Gasteiger partial charge in [0.1, 0.15) is 5.69 Å². The minimum absolute atomic E-state index is 0.750. The van der Waals surface area contributed by atoms with Crippen molar-refractivity contribution in [3.8, 4) is 5.88 Å². The molecule has 19 heavy (non-hydrogen) atoms. The summed E-state index contributed by atoms with van der Waals surface area (Å²) in [6.07, 6.45) is 5.72. The lowest BCUT2D eigenvalue weighted by Gasteiger charge is -2.11. The number of ether oxygens (including phenoxy) is 1. The van der Waals surface area contributed by atoms with Gasteiger partial charge in [0.2, 0.25) is 5.88 Å². The van der Waals surface area contributed by atoms with Gasteiger partial charge >= 0.3 is 0 Å². The molecule has 5 nitrogen and oxygen atoms in total. The molecule has 0 N–H and O–H groups in total. The molecule has 0 atom stereocenters. The van der Waals surface area contributed by atoms with E-state index < -0.39 is 0 Å². The topological polar surface area (TPSA) is 52.3 Å². The first-order valence-electron chi connectivity index (χ1n) is 7.09. The molecule has 2 heterocycles. The Morgan fingerprint density at radius 3 is 2.58 bits per heavy atom. The molecule has 0 saturated carbocycles. The van der Waals surface area contributed by atoms with Crippen molar-refractivity contribution in [2.45, 2.75) is 52.9 Å². The Hall–Kier alpha value is -1.65. The summed E-state index contributed by atoms with van der Waals surface area (Å²) >= 11 is 0. The summed E-state index contributed by atoms with van der Waals surface area (Å²) in [7, 11) is 1.68. The van der Waals surface area contributed by atoms with E-state index in [2.05, 4.69) is 15.3 Å². The van der Waals surface area contributed by atoms with Crippen LogP contribution in [0.1, 0.15) is 50.1 Å². The first kappa shape index (κ1) is 13.8. The maximum absolute atomic E-state index is 5.42. The summed E-state index contributed by atoms with van der Waals surface area (Å²) in [6.45, 7) is 5.93. The molecule has 1 aliphatic carbocycles. The number of nitrogens with zero attached hydrogens (tertiary/aromatic N) is 4. The van der Waals surface area contributed by atoms with E-state index in [-0.39, 0.29) is 0 Å². The lowest BCUT2D eigenvalue weighted by atomic mass is 10.1. The summed E-state index contributed by atoms with van der Waals surface area (Å²) in [4.78, 5) is 4.52.